The number of rotatable bonds is 5. The predicted octanol–water partition coefficient (Wildman–Crippen LogP) is 5.59. The fourth-order valence-corrected chi connectivity index (χ4v) is 12.1. The lowest BCUT2D eigenvalue weighted by Crippen LogP contribution is -2.60. The standard InChI is InChI=1S/C21H30Si2/c1-7-23(8-2,9-3)19-15-14-18-16-12-10-11-13-17(16)20(18)21(19)22(4,5)6/h10-15H,7-9H2,1-6H3. The van der Waals surface area contributed by atoms with Crippen molar-refractivity contribution in [3.8, 4) is 22.3 Å². The quantitative estimate of drug-likeness (QED) is 0.532. The van der Waals surface area contributed by atoms with Gasteiger partial charge >= 0.3 is 0 Å². The lowest BCUT2D eigenvalue weighted by Gasteiger charge is -2.39. The highest BCUT2D eigenvalue weighted by atomic mass is 28.3. The minimum atomic E-state index is -1.39. The Morgan fingerprint density at radius 2 is 1.26 bits per heavy atom. The molecule has 0 nitrogen and oxygen atoms in total. The normalized spacial score (nSPS) is 13.3. The maximum atomic E-state index is 2.53. The molecule has 0 heterocycles. The first-order valence-corrected chi connectivity index (χ1v) is 15.3. The molecule has 2 aromatic rings. The Bertz CT molecular complexity index is 726. The van der Waals surface area contributed by atoms with Gasteiger partial charge in [-0.05, 0) is 22.3 Å². The Labute approximate surface area is 144 Å². The molecular formula is C21H30Si2. The molecule has 1 aliphatic carbocycles. The third kappa shape index (κ3) is 2.38. The van der Waals surface area contributed by atoms with Crippen molar-refractivity contribution in [2.45, 2.75) is 58.5 Å². The van der Waals surface area contributed by atoms with E-state index in [1.54, 1.807) is 15.9 Å². The molecule has 0 aromatic heterocycles. The SMILES string of the molecule is CC[Si](CC)(CC)c1ccc2c(c1[Si](C)(C)C)-c1ccccc1-2. The molecule has 122 valence electrons. The van der Waals surface area contributed by atoms with E-state index >= 15 is 0 Å². The summed E-state index contributed by atoms with van der Waals surface area (Å²) < 4.78 is 0. The summed E-state index contributed by atoms with van der Waals surface area (Å²) in [6, 6.07) is 18.1. The maximum absolute atomic E-state index is 2.53. The summed E-state index contributed by atoms with van der Waals surface area (Å²) in [6.07, 6.45) is 0. The molecule has 0 saturated carbocycles. The van der Waals surface area contributed by atoms with Crippen LogP contribution in [0.2, 0.25) is 37.8 Å². The molecule has 0 atom stereocenters. The fourth-order valence-electron chi connectivity index (χ4n) is 4.52. The second-order valence-electron chi connectivity index (χ2n) is 8.05. The lowest BCUT2D eigenvalue weighted by molar-refractivity contribution is 1.20. The van der Waals surface area contributed by atoms with Crippen molar-refractivity contribution >= 4 is 26.5 Å². The van der Waals surface area contributed by atoms with Crippen LogP contribution in [0.25, 0.3) is 22.3 Å². The smallest absolute Gasteiger partial charge is 0.0675 e. The van der Waals surface area contributed by atoms with E-state index in [1.165, 1.54) is 34.8 Å². The molecule has 0 spiro atoms. The van der Waals surface area contributed by atoms with Gasteiger partial charge in [0.1, 0.15) is 0 Å². The van der Waals surface area contributed by atoms with Gasteiger partial charge in [-0.25, -0.2) is 0 Å². The Balaban J connectivity index is 2.31. The van der Waals surface area contributed by atoms with Gasteiger partial charge in [-0.1, -0.05) is 105 Å². The van der Waals surface area contributed by atoms with Crippen molar-refractivity contribution in [2.75, 3.05) is 0 Å². The minimum Gasteiger partial charge on any atom is -0.0675 e. The Hall–Kier alpha value is -1.13. The van der Waals surface area contributed by atoms with Gasteiger partial charge in [-0.2, -0.15) is 0 Å². The number of fused-ring (bicyclic) bond motifs is 4. The molecule has 0 fully saturated rings. The Kier molecular flexibility index (Phi) is 4.18. The van der Waals surface area contributed by atoms with Crippen molar-refractivity contribution in [1.82, 2.24) is 0 Å². The van der Waals surface area contributed by atoms with Crippen LogP contribution in [0.15, 0.2) is 36.4 Å². The van der Waals surface area contributed by atoms with Crippen LogP contribution in [0.3, 0.4) is 0 Å². The van der Waals surface area contributed by atoms with Crippen molar-refractivity contribution in [3.63, 3.8) is 0 Å². The fraction of sp³-hybridized carbons (Fsp3) is 0.429. The van der Waals surface area contributed by atoms with Crippen LogP contribution in [0.1, 0.15) is 20.8 Å². The van der Waals surface area contributed by atoms with Crippen molar-refractivity contribution in [3.05, 3.63) is 36.4 Å². The van der Waals surface area contributed by atoms with Crippen LogP contribution in [-0.2, 0) is 0 Å². The van der Waals surface area contributed by atoms with E-state index in [-0.39, 0.29) is 0 Å². The van der Waals surface area contributed by atoms with E-state index in [0.29, 0.717) is 0 Å². The first-order valence-electron chi connectivity index (χ1n) is 9.17. The van der Waals surface area contributed by atoms with Gasteiger partial charge in [0.2, 0.25) is 0 Å². The van der Waals surface area contributed by atoms with Gasteiger partial charge in [0.05, 0.1) is 16.1 Å². The molecule has 0 aliphatic heterocycles. The zero-order valence-electron chi connectivity index (χ0n) is 15.6. The van der Waals surface area contributed by atoms with E-state index in [0.717, 1.165) is 0 Å². The third-order valence-corrected chi connectivity index (χ3v) is 13.9. The largest absolute Gasteiger partial charge is 0.0857 e. The molecule has 0 N–H and O–H groups in total. The van der Waals surface area contributed by atoms with Gasteiger partial charge in [0.25, 0.3) is 0 Å². The number of benzene rings is 2. The molecule has 0 amide bonds. The van der Waals surface area contributed by atoms with Crippen LogP contribution < -0.4 is 10.4 Å². The zero-order valence-corrected chi connectivity index (χ0v) is 17.6. The summed E-state index contributed by atoms with van der Waals surface area (Å²) in [7, 11) is -2.75. The summed E-state index contributed by atoms with van der Waals surface area (Å²) >= 11 is 0. The molecule has 0 radical (unpaired) electrons. The maximum Gasteiger partial charge on any atom is 0.0857 e. The highest BCUT2D eigenvalue weighted by Crippen LogP contribution is 2.46. The van der Waals surface area contributed by atoms with Crippen molar-refractivity contribution in [1.29, 1.82) is 0 Å². The van der Waals surface area contributed by atoms with E-state index in [2.05, 4.69) is 76.8 Å². The van der Waals surface area contributed by atoms with Crippen molar-refractivity contribution in [2.24, 2.45) is 0 Å². The molecule has 1 aliphatic rings. The summed E-state index contributed by atoms with van der Waals surface area (Å²) in [4.78, 5) is 0. The molecule has 0 bridgehead atoms. The topological polar surface area (TPSA) is 0 Å². The van der Waals surface area contributed by atoms with Gasteiger partial charge in [-0.15, -0.1) is 0 Å². The van der Waals surface area contributed by atoms with E-state index < -0.39 is 16.1 Å². The van der Waals surface area contributed by atoms with Gasteiger partial charge in [-0.3, -0.25) is 0 Å². The third-order valence-electron chi connectivity index (χ3n) is 6.04. The van der Waals surface area contributed by atoms with Gasteiger partial charge in [0.15, 0.2) is 0 Å². The van der Waals surface area contributed by atoms with Crippen LogP contribution in [0, 0.1) is 0 Å². The Morgan fingerprint density at radius 3 is 1.78 bits per heavy atom. The summed E-state index contributed by atoms with van der Waals surface area (Å²) in [6.45, 7) is 14.9. The Morgan fingerprint density at radius 1 is 0.696 bits per heavy atom. The van der Waals surface area contributed by atoms with Gasteiger partial charge < -0.3 is 0 Å². The molecule has 2 aromatic carbocycles. The predicted molar refractivity (Wildman–Crippen MR) is 111 cm³/mol. The molecule has 0 unspecified atom stereocenters. The zero-order chi connectivity index (χ0) is 16.8. The number of hydrogen-bond donors (Lipinski definition) is 0. The summed E-state index contributed by atoms with van der Waals surface area (Å²) in [5.74, 6) is 0. The highest BCUT2D eigenvalue weighted by molar-refractivity contribution is 7.00. The van der Waals surface area contributed by atoms with Crippen LogP contribution in [0.5, 0.6) is 0 Å². The molecule has 23 heavy (non-hydrogen) atoms. The molecule has 2 heteroatoms. The first kappa shape index (κ1) is 16.7. The van der Waals surface area contributed by atoms with E-state index in [1.807, 2.05) is 0 Å². The van der Waals surface area contributed by atoms with E-state index in [9.17, 15) is 0 Å². The highest BCUT2D eigenvalue weighted by Gasteiger charge is 2.39. The average molecular weight is 339 g/mol. The van der Waals surface area contributed by atoms with Crippen LogP contribution >= 0.6 is 0 Å². The first-order chi connectivity index (χ1) is 10.9. The van der Waals surface area contributed by atoms with Crippen LogP contribution in [0.4, 0.5) is 0 Å². The molecule has 3 rings (SSSR count). The molecular weight excluding hydrogens is 308 g/mol. The van der Waals surface area contributed by atoms with Crippen LogP contribution in [-0.4, -0.2) is 16.1 Å². The summed E-state index contributed by atoms with van der Waals surface area (Å²) in [5.41, 5.74) is 6.09. The summed E-state index contributed by atoms with van der Waals surface area (Å²) in [5, 5.41) is 3.57. The monoisotopic (exact) mass is 338 g/mol. The van der Waals surface area contributed by atoms with E-state index in [4.69, 9.17) is 0 Å². The minimum absolute atomic E-state index is 1.35. The second kappa shape index (κ2) is 5.75. The number of hydrogen-bond acceptors (Lipinski definition) is 0. The average Bonchev–Trinajstić information content (AvgIpc) is 2.53. The van der Waals surface area contributed by atoms with Gasteiger partial charge in [0, 0.05) is 0 Å². The van der Waals surface area contributed by atoms with Crippen molar-refractivity contribution < 1.29 is 0 Å². The molecule has 0 saturated heterocycles. The second-order valence-corrected chi connectivity index (χ2v) is 18.3. The lowest BCUT2D eigenvalue weighted by atomic mass is 9.81.